The first kappa shape index (κ1) is 22.5. The molecule has 0 heterocycles. The molecular formula is C17H36N4O3. The lowest BCUT2D eigenvalue weighted by molar-refractivity contribution is 0.0493. The van der Waals surface area contributed by atoms with Crippen LogP contribution >= 0.6 is 0 Å². The molecule has 0 aromatic rings. The van der Waals surface area contributed by atoms with Gasteiger partial charge in [0.1, 0.15) is 5.60 Å². The molecule has 7 heteroatoms. The molecule has 142 valence electrons. The average molecular weight is 345 g/mol. The second-order valence-electron chi connectivity index (χ2n) is 6.99. The zero-order chi connectivity index (χ0) is 18.6. The molecule has 0 saturated carbocycles. The molecule has 0 aliphatic rings. The van der Waals surface area contributed by atoms with Crippen molar-refractivity contribution in [3.8, 4) is 0 Å². The number of nitrogens with one attached hydrogen (secondary N) is 3. The molecule has 0 aliphatic carbocycles. The van der Waals surface area contributed by atoms with Crippen molar-refractivity contribution in [2.75, 3.05) is 33.4 Å². The van der Waals surface area contributed by atoms with Crippen molar-refractivity contribution in [2.45, 2.75) is 59.6 Å². The van der Waals surface area contributed by atoms with Gasteiger partial charge in [-0.1, -0.05) is 13.8 Å². The molecule has 0 aromatic heterocycles. The fourth-order valence-electron chi connectivity index (χ4n) is 1.84. The Morgan fingerprint density at radius 1 is 1.21 bits per heavy atom. The van der Waals surface area contributed by atoms with Gasteiger partial charge in [0.05, 0.1) is 12.6 Å². The molecule has 1 amide bonds. The number of carbonyl (C=O) groups excluding carboxylic acids is 1. The molecule has 7 nitrogen and oxygen atoms in total. The van der Waals surface area contributed by atoms with E-state index in [4.69, 9.17) is 9.47 Å². The van der Waals surface area contributed by atoms with Gasteiger partial charge in [-0.3, -0.25) is 4.99 Å². The molecule has 0 spiro atoms. The first-order valence-corrected chi connectivity index (χ1v) is 8.70. The number of guanidine groups is 1. The largest absolute Gasteiger partial charge is 0.444 e. The molecule has 0 aromatic carbocycles. The van der Waals surface area contributed by atoms with Crippen LogP contribution in [0.3, 0.4) is 0 Å². The number of hydrogen-bond acceptors (Lipinski definition) is 4. The third kappa shape index (κ3) is 12.0. The van der Waals surface area contributed by atoms with Crippen LogP contribution in [0.2, 0.25) is 0 Å². The number of amides is 1. The van der Waals surface area contributed by atoms with Crippen molar-refractivity contribution in [3.63, 3.8) is 0 Å². The maximum atomic E-state index is 12.0. The Morgan fingerprint density at radius 3 is 2.38 bits per heavy atom. The highest BCUT2D eigenvalue weighted by molar-refractivity contribution is 5.79. The summed E-state index contributed by atoms with van der Waals surface area (Å²) in [6.07, 6.45) is 0.500. The molecular weight excluding hydrogens is 308 g/mol. The number of rotatable bonds is 9. The molecule has 0 radical (unpaired) electrons. The van der Waals surface area contributed by atoms with Crippen molar-refractivity contribution < 1.29 is 14.3 Å². The van der Waals surface area contributed by atoms with Crippen molar-refractivity contribution >= 4 is 12.1 Å². The maximum absolute atomic E-state index is 12.0. The Hall–Kier alpha value is -1.50. The normalized spacial score (nSPS) is 13.6. The van der Waals surface area contributed by atoms with E-state index in [9.17, 15) is 4.79 Å². The highest BCUT2D eigenvalue weighted by Gasteiger charge is 2.21. The summed E-state index contributed by atoms with van der Waals surface area (Å²) in [7, 11) is 1.69. The smallest absolute Gasteiger partial charge is 0.407 e. The van der Waals surface area contributed by atoms with Crippen molar-refractivity contribution in [2.24, 2.45) is 10.9 Å². The topological polar surface area (TPSA) is 84.0 Å². The van der Waals surface area contributed by atoms with Gasteiger partial charge in [-0.25, -0.2) is 4.79 Å². The molecule has 0 saturated heterocycles. The van der Waals surface area contributed by atoms with Crippen LogP contribution in [0.5, 0.6) is 0 Å². The fourth-order valence-corrected chi connectivity index (χ4v) is 1.84. The second-order valence-corrected chi connectivity index (χ2v) is 6.99. The van der Waals surface area contributed by atoms with Gasteiger partial charge in [0.15, 0.2) is 5.96 Å². The molecule has 3 N–H and O–H groups in total. The Labute approximate surface area is 147 Å². The predicted octanol–water partition coefficient (Wildman–Crippen LogP) is 2.13. The summed E-state index contributed by atoms with van der Waals surface area (Å²) in [4.78, 5) is 16.5. The van der Waals surface area contributed by atoms with Crippen molar-refractivity contribution in [3.05, 3.63) is 0 Å². The summed E-state index contributed by atoms with van der Waals surface area (Å²) < 4.78 is 10.4. The van der Waals surface area contributed by atoms with Crippen LogP contribution in [0.15, 0.2) is 4.99 Å². The van der Waals surface area contributed by atoms with Crippen LogP contribution in [-0.2, 0) is 9.47 Å². The quantitative estimate of drug-likeness (QED) is 0.339. The molecule has 0 fully saturated rings. The fraction of sp³-hybridized carbons (Fsp3) is 0.882. The van der Waals surface area contributed by atoms with Crippen LogP contribution < -0.4 is 16.0 Å². The highest BCUT2D eigenvalue weighted by atomic mass is 16.6. The minimum absolute atomic E-state index is 0.0886. The monoisotopic (exact) mass is 344 g/mol. The van der Waals surface area contributed by atoms with E-state index in [0.29, 0.717) is 13.2 Å². The Bertz CT molecular complexity index is 379. The molecule has 0 rings (SSSR count). The summed E-state index contributed by atoms with van der Waals surface area (Å²) in [5, 5.41) is 9.36. The van der Waals surface area contributed by atoms with E-state index in [1.807, 2.05) is 27.7 Å². The van der Waals surface area contributed by atoms with Crippen LogP contribution in [-0.4, -0.2) is 57.0 Å². The number of methoxy groups -OCH3 is 1. The van der Waals surface area contributed by atoms with E-state index < -0.39 is 11.7 Å². The predicted molar refractivity (Wildman–Crippen MR) is 98.5 cm³/mol. The first-order chi connectivity index (χ1) is 11.2. The molecule has 1 unspecified atom stereocenters. The van der Waals surface area contributed by atoms with Gasteiger partial charge in [-0.2, -0.15) is 0 Å². The number of alkyl carbamates (subject to hydrolysis) is 1. The second kappa shape index (κ2) is 11.9. The molecule has 1 atom stereocenters. The minimum Gasteiger partial charge on any atom is -0.444 e. The van der Waals surface area contributed by atoms with E-state index in [-0.39, 0.29) is 12.0 Å². The standard InChI is InChI=1S/C17H36N4O3/c1-8-18-15(19-10-9-11-23-7)20-12-14(13(2)3)21-16(22)24-17(4,5)6/h13-14H,8-12H2,1-7H3,(H,21,22)(H2,18,19,20). The van der Waals surface area contributed by atoms with Crippen LogP contribution in [0.25, 0.3) is 0 Å². The van der Waals surface area contributed by atoms with E-state index in [1.54, 1.807) is 7.11 Å². The van der Waals surface area contributed by atoms with Crippen LogP contribution in [0, 0.1) is 5.92 Å². The van der Waals surface area contributed by atoms with Gasteiger partial charge in [0.2, 0.25) is 0 Å². The third-order valence-electron chi connectivity index (χ3n) is 3.11. The Kier molecular flexibility index (Phi) is 11.2. The number of nitrogens with zero attached hydrogens (tertiary/aromatic N) is 1. The summed E-state index contributed by atoms with van der Waals surface area (Å²) in [6.45, 7) is 14.4. The molecule has 24 heavy (non-hydrogen) atoms. The Balaban J connectivity index is 4.61. The Morgan fingerprint density at radius 2 is 1.88 bits per heavy atom. The zero-order valence-electron chi connectivity index (χ0n) is 16.4. The van der Waals surface area contributed by atoms with Gasteiger partial charge in [-0.05, 0) is 40.0 Å². The number of ether oxygens (including phenoxy) is 2. The third-order valence-corrected chi connectivity index (χ3v) is 3.11. The summed E-state index contributed by atoms with van der Waals surface area (Å²) >= 11 is 0. The molecule has 0 aliphatic heterocycles. The zero-order valence-corrected chi connectivity index (χ0v) is 16.4. The van der Waals surface area contributed by atoms with Gasteiger partial charge in [0.25, 0.3) is 0 Å². The SMILES string of the molecule is CCNC(=NCC(NC(=O)OC(C)(C)C)C(C)C)NCCCOC. The van der Waals surface area contributed by atoms with E-state index in [1.165, 1.54) is 0 Å². The highest BCUT2D eigenvalue weighted by Crippen LogP contribution is 2.09. The molecule has 0 bridgehead atoms. The number of carbonyl (C=O) groups is 1. The van der Waals surface area contributed by atoms with Gasteiger partial charge in [0, 0.05) is 26.8 Å². The van der Waals surface area contributed by atoms with Crippen molar-refractivity contribution in [1.29, 1.82) is 0 Å². The summed E-state index contributed by atoms with van der Waals surface area (Å²) in [5.41, 5.74) is -0.507. The lowest BCUT2D eigenvalue weighted by atomic mass is 10.1. The van der Waals surface area contributed by atoms with Crippen LogP contribution in [0.4, 0.5) is 4.79 Å². The minimum atomic E-state index is -0.507. The number of aliphatic imine (C=N–C) groups is 1. The van der Waals surface area contributed by atoms with E-state index in [0.717, 1.165) is 25.5 Å². The van der Waals surface area contributed by atoms with E-state index in [2.05, 4.69) is 34.8 Å². The van der Waals surface area contributed by atoms with Gasteiger partial charge in [-0.15, -0.1) is 0 Å². The van der Waals surface area contributed by atoms with Crippen molar-refractivity contribution in [1.82, 2.24) is 16.0 Å². The van der Waals surface area contributed by atoms with Gasteiger partial charge >= 0.3 is 6.09 Å². The first-order valence-electron chi connectivity index (χ1n) is 8.70. The number of hydrogen-bond donors (Lipinski definition) is 3. The average Bonchev–Trinajstić information content (AvgIpc) is 2.45. The van der Waals surface area contributed by atoms with Crippen LogP contribution in [0.1, 0.15) is 48.0 Å². The lowest BCUT2D eigenvalue weighted by Crippen LogP contribution is -2.45. The van der Waals surface area contributed by atoms with Gasteiger partial charge < -0.3 is 25.4 Å². The maximum Gasteiger partial charge on any atom is 0.407 e. The lowest BCUT2D eigenvalue weighted by Gasteiger charge is -2.25. The van der Waals surface area contributed by atoms with E-state index >= 15 is 0 Å². The summed E-state index contributed by atoms with van der Waals surface area (Å²) in [6, 6.07) is -0.0886. The summed E-state index contributed by atoms with van der Waals surface area (Å²) in [5.74, 6) is 0.989.